The van der Waals surface area contributed by atoms with Gasteiger partial charge in [0.05, 0.1) is 21.3 Å². The van der Waals surface area contributed by atoms with Gasteiger partial charge < -0.3 is 19.5 Å². The molecule has 0 spiro atoms. The first-order valence-electron chi connectivity index (χ1n) is 8.34. The highest BCUT2D eigenvalue weighted by atomic mass is 32.2. The van der Waals surface area contributed by atoms with Crippen LogP contribution in [0.25, 0.3) is 0 Å². The summed E-state index contributed by atoms with van der Waals surface area (Å²) in [5.41, 5.74) is 1.02. The third kappa shape index (κ3) is 4.55. The second-order valence-corrected chi connectivity index (χ2v) is 8.15. The summed E-state index contributed by atoms with van der Waals surface area (Å²) in [4.78, 5) is 12.5. The van der Waals surface area contributed by atoms with Crippen LogP contribution in [0.1, 0.15) is 15.9 Å². The number of benzene rings is 2. The molecule has 0 radical (unpaired) electrons. The van der Waals surface area contributed by atoms with Crippen LogP contribution in [0.15, 0.2) is 41.3 Å². The molecule has 0 fully saturated rings. The maximum atomic E-state index is 12.5. The molecule has 2 rings (SSSR count). The maximum Gasteiger partial charge on any atom is 0.251 e. The van der Waals surface area contributed by atoms with Crippen molar-refractivity contribution in [3.8, 4) is 17.2 Å². The first-order valence-corrected chi connectivity index (χ1v) is 9.78. The van der Waals surface area contributed by atoms with Crippen molar-refractivity contribution in [2.45, 2.75) is 11.4 Å². The lowest BCUT2D eigenvalue weighted by Gasteiger charge is -2.15. The Labute approximate surface area is 165 Å². The van der Waals surface area contributed by atoms with E-state index in [9.17, 15) is 13.2 Å². The first kappa shape index (κ1) is 21.5. The van der Waals surface area contributed by atoms with Crippen LogP contribution in [0.2, 0.25) is 0 Å². The van der Waals surface area contributed by atoms with Gasteiger partial charge in [0.1, 0.15) is 10.6 Å². The fourth-order valence-corrected chi connectivity index (χ4v) is 3.57. The molecule has 0 unspecified atom stereocenters. The third-order valence-corrected chi connectivity index (χ3v) is 5.92. The summed E-state index contributed by atoms with van der Waals surface area (Å²) in [5.74, 6) is 0.905. The van der Waals surface area contributed by atoms with E-state index < -0.39 is 15.9 Å². The smallest absolute Gasteiger partial charge is 0.251 e. The van der Waals surface area contributed by atoms with Gasteiger partial charge in [-0.2, -0.15) is 0 Å². The number of nitrogens with zero attached hydrogens (tertiary/aromatic N) is 1. The van der Waals surface area contributed by atoms with Gasteiger partial charge in [0.25, 0.3) is 5.91 Å². The van der Waals surface area contributed by atoms with Gasteiger partial charge in [0.15, 0.2) is 11.5 Å². The molecule has 28 heavy (non-hydrogen) atoms. The Balaban J connectivity index is 2.23. The number of hydrogen-bond acceptors (Lipinski definition) is 6. The molecule has 0 aliphatic carbocycles. The standard InChI is InChI=1S/C19H24N2O6S/c1-21(2)28(23,24)18-11-14(7-9-16(18)26-4)19(22)20-12-13-6-8-15(25-3)17(10-13)27-5/h6-11H,12H2,1-5H3,(H,20,22). The Bertz CT molecular complexity index is 957. The molecule has 1 amide bonds. The van der Waals surface area contributed by atoms with E-state index in [1.807, 2.05) is 0 Å². The normalized spacial score (nSPS) is 11.2. The zero-order valence-electron chi connectivity index (χ0n) is 16.5. The number of carbonyl (C=O) groups is 1. The quantitative estimate of drug-likeness (QED) is 0.717. The largest absolute Gasteiger partial charge is 0.495 e. The maximum absolute atomic E-state index is 12.5. The number of amides is 1. The molecule has 0 heterocycles. The van der Waals surface area contributed by atoms with Crippen LogP contribution in [0, 0.1) is 0 Å². The monoisotopic (exact) mass is 408 g/mol. The molecule has 9 heteroatoms. The highest BCUT2D eigenvalue weighted by molar-refractivity contribution is 7.89. The van der Waals surface area contributed by atoms with E-state index in [2.05, 4.69) is 5.32 Å². The molecule has 1 N–H and O–H groups in total. The molecular weight excluding hydrogens is 384 g/mol. The first-order chi connectivity index (χ1) is 13.2. The number of hydrogen-bond donors (Lipinski definition) is 1. The Morgan fingerprint density at radius 3 is 2.11 bits per heavy atom. The SMILES string of the molecule is COc1ccc(CNC(=O)c2ccc(OC)c(S(=O)(=O)N(C)C)c2)cc1OC. The second kappa shape index (κ2) is 8.94. The van der Waals surface area contributed by atoms with E-state index in [0.717, 1.165) is 9.87 Å². The van der Waals surface area contributed by atoms with E-state index in [1.54, 1.807) is 25.3 Å². The zero-order valence-corrected chi connectivity index (χ0v) is 17.3. The summed E-state index contributed by atoms with van der Waals surface area (Å²) in [5, 5.41) is 2.76. The predicted octanol–water partition coefficient (Wildman–Crippen LogP) is 1.89. The highest BCUT2D eigenvalue weighted by Crippen LogP contribution is 2.28. The average molecular weight is 408 g/mol. The van der Waals surface area contributed by atoms with Crippen molar-refractivity contribution in [1.29, 1.82) is 0 Å². The van der Waals surface area contributed by atoms with Gasteiger partial charge >= 0.3 is 0 Å². The van der Waals surface area contributed by atoms with Crippen molar-refractivity contribution in [3.63, 3.8) is 0 Å². The van der Waals surface area contributed by atoms with Crippen molar-refractivity contribution in [2.24, 2.45) is 0 Å². The second-order valence-electron chi connectivity index (χ2n) is 6.03. The van der Waals surface area contributed by atoms with Gasteiger partial charge in [-0.05, 0) is 35.9 Å². The summed E-state index contributed by atoms with van der Waals surface area (Å²) < 4.78 is 41.6. The minimum Gasteiger partial charge on any atom is -0.495 e. The van der Waals surface area contributed by atoms with Gasteiger partial charge in [-0.3, -0.25) is 4.79 Å². The molecule has 2 aromatic carbocycles. The lowest BCUT2D eigenvalue weighted by atomic mass is 10.1. The van der Waals surface area contributed by atoms with Gasteiger partial charge in [0.2, 0.25) is 10.0 Å². The van der Waals surface area contributed by atoms with Crippen molar-refractivity contribution in [3.05, 3.63) is 47.5 Å². The molecule has 0 saturated heterocycles. The number of ether oxygens (including phenoxy) is 3. The number of methoxy groups -OCH3 is 3. The minimum absolute atomic E-state index is 0.0706. The molecule has 2 aromatic rings. The van der Waals surface area contributed by atoms with Crippen molar-refractivity contribution in [2.75, 3.05) is 35.4 Å². The lowest BCUT2D eigenvalue weighted by Crippen LogP contribution is -2.25. The highest BCUT2D eigenvalue weighted by Gasteiger charge is 2.23. The Morgan fingerprint density at radius 2 is 1.54 bits per heavy atom. The number of rotatable bonds is 8. The van der Waals surface area contributed by atoms with E-state index in [4.69, 9.17) is 14.2 Å². The molecule has 8 nitrogen and oxygen atoms in total. The molecule has 0 atom stereocenters. The summed E-state index contributed by atoms with van der Waals surface area (Å²) in [6.07, 6.45) is 0. The molecule has 0 aliphatic heterocycles. The minimum atomic E-state index is -3.76. The van der Waals surface area contributed by atoms with Gasteiger partial charge in [0, 0.05) is 26.2 Å². The fraction of sp³-hybridized carbons (Fsp3) is 0.316. The van der Waals surface area contributed by atoms with Crippen LogP contribution < -0.4 is 19.5 Å². The van der Waals surface area contributed by atoms with Crippen LogP contribution in [-0.4, -0.2) is 54.1 Å². The van der Waals surface area contributed by atoms with E-state index in [1.165, 1.54) is 46.5 Å². The van der Waals surface area contributed by atoms with Crippen LogP contribution in [0.3, 0.4) is 0 Å². The summed E-state index contributed by atoms with van der Waals surface area (Å²) >= 11 is 0. The summed E-state index contributed by atoms with van der Waals surface area (Å²) in [7, 11) is 3.52. The van der Waals surface area contributed by atoms with E-state index >= 15 is 0 Å². The van der Waals surface area contributed by atoms with Gasteiger partial charge in [-0.15, -0.1) is 0 Å². The summed E-state index contributed by atoms with van der Waals surface area (Å²) in [6, 6.07) is 9.58. The lowest BCUT2D eigenvalue weighted by molar-refractivity contribution is 0.0950. The number of sulfonamides is 1. The van der Waals surface area contributed by atoms with Crippen molar-refractivity contribution < 1.29 is 27.4 Å². The topological polar surface area (TPSA) is 94.2 Å². The number of carbonyl (C=O) groups excluding carboxylic acids is 1. The number of nitrogens with one attached hydrogen (secondary N) is 1. The molecule has 0 saturated carbocycles. The average Bonchev–Trinajstić information content (AvgIpc) is 2.70. The van der Waals surface area contributed by atoms with Crippen LogP contribution in [0.4, 0.5) is 0 Å². The summed E-state index contributed by atoms with van der Waals surface area (Å²) in [6.45, 7) is 0.237. The fourth-order valence-electron chi connectivity index (χ4n) is 2.49. The molecule has 152 valence electrons. The van der Waals surface area contributed by atoms with E-state index in [-0.39, 0.29) is 22.8 Å². The van der Waals surface area contributed by atoms with Gasteiger partial charge in [-0.25, -0.2) is 12.7 Å². The Hall–Kier alpha value is -2.78. The van der Waals surface area contributed by atoms with E-state index in [0.29, 0.717) is 11.5 Å². The molecule has 0 aromatic heterocycles. The van der Waals surface area contributed by atoms with Crippen molar-refractivity contribution in [1.82, 2.24) is 9.62 Å². The molecule has 0 bridgehead atoms. The Kier molecular flexibility index (Phi) is 6.87. The van der Waals surface area contributed by atoms with Crippen LogP contribution >= 0.6 is 0 Å². The van der Waals surface area contributed by atoms with Crippen LogP contribution in [-0.2, 0) is 16.6 Å². The zero-order chi connectivity index (χ0) is 20.9. The van der Waals surface area contributed by atoms with Crippen LogP contribution in [0.5, 0.6) is 17.2 Å². The van der Waals surface area contributed by atoms with Crippen molar-refractivity contribution >= 4 is 15.9 Å². The predicted molar refractivity (Wildman–Crippen MR) is 105 cm³/mol. The Morgan fingerprint density at radius 1 is 0.929 bits per heavy atom. The van der Waals surface area contributed by atoms with Gasteiger partial charge in [-0.1, -0.05) is 6.07 Å². The molecule has 0 aliphatic rings. The molecular formula is C19H24N2O6S. The third-order valence-electron chi connectivity index (χ3n) is 4.09.